The van der Waals surface area contributed by atoms with Crippen molar-refractivity contribution in [2.24, 2.45) is 0 Å². The van der Waals surface area contributed by atoms with Gasteiger partial charge in [0.05, 0.1) is 12.8 Å². The number of nitrogens with zero attached hydrogens (tertiary/aromatic N) is 1. The molecule has 1 N–H and O–H groups in total. The second-order valence-corrected chi connectivity index (χ2v) is 8.93. The number of benzene rings is 4. The number of carbonyl (C=O) groups excluding carboxylic acids is 2. The van der Waals surface area contributed by atoms with Crippen LogP contribution in [0.3, 0.4) is 0 Å². The molecule has 1 saturated heterocycles. The zero-order chi connectivity index (χ0) is 27.2. The summed E-state index contributed by atoms with van der Waals surface area (Å²) in [4.78, 5) is 27.6. The minimum absolute atomic E-state index is 0.00515. The van der Waals surface area contributed by atoms with Crippen LogP contribution in [0.5, 0.6) is 23.0 Å². The summed E-state index contributed by atoms with van der Waals surface area (Å²) in [6, 6.07) is 31.0. The quantitative estimate of drug-likeness (QED) is 0.172. The smallest absolute Gasteiger partial charge is 0.270 e. The van der Waals surface area contributed by atoms with Crippen molar-refractivity contribution in [3.8, 4) is 23.0 Å². The lowest BCUT2D eigenvalue weighted by Crippen LogP contribution is -2.54. The van der Waals surface area contributed by atoms with Crippen LogP contribution in [-0.4, -0.2) is 24.0 Å². The zero-order valence-corrected chi connectivity index (χ0v) is 21.8. The predicted octanol–water partition coefficient (Wildman–Crippen LogP) is 5.90. The summed E-state index contributed by atoms with van der Waals surface area (Å²) in [6.45, 7) is 0.248. The summed E-state index contributed by atoms with van der Waals surface area (Å²) in [5, 5.41) is 2.62. The molecule has 8 heteroatoms. The van der Waals surface area contributed by atoms with Gasteiger partial charge in [-0.15, -0.1) is 0 Å². The number of hydrogen-bond donors (Lipinski definition) is 1. The Morgan fingerprint density at radius 3 is 2.13 bits per heavy atom. The molecule has 1 aliphatic heterocycles. The average Bonchev–Trinajstić information content (AvgIpc) is 2.96. The summed E-state index contributed by atoms with van der Waals surface area (Å²) in [5.41, 5.74) is 1.86. The fraction of sp³-hybridized carbons (Fsp3) is 0.0645. The summed E-state index contributed by atoms with van der Waals surface area (Å²) in [6.07, 6.45) is 1.53. The van der Waals surface area contributed by atoms with Crippen molar-refractivity contribution in [2.75, 3.05) is 12.0 Å². The van der Waals surface area contributed by atoms with E-state index in [9.17, 15) is 9.59 Å². The number of anilines is 1. The molecule has 0 radical (unpaired) electrons. The van der Waals surface area contributed by atoms with Gasteiger partial charge in [-0.2, -0.15) is 0 Å². The van der Waals surface area contributed by atoms with E-state index >= 15 is 0 Å². The van der Waals surface area contributed by atoms with Gasteiger partial charge in [0.25, 0.3) is 11.8 Å². The van der Waals surface area contributed by atoms with E-state index in [0.717, 1.165) is 11.3 Å². The van der Waals surface area contributed by atoms with Gasteiger partial charge in [-0.1, -0.05) is 42.5 Å². The molecule has 7 nitrogen and oxygen atoms in total. The van der Waals surface area contributed by atoms with E-state index in [2.05, 4.69) is 5.32 Å². The molecule has 39 heavy (non-hydrogen) atoms. The molecule has 1 aliphatic rings. The molecule has 1 heterocycles. The lowest BCUT2D eigenvalue weighted by molar-refractivity contribution is -0.122. The molecular weight excluding hydrogens is 512 g/mol. The molecule has 0 aromatic heterocycles. The molecule has 0 bridgehead atoms. The van der Waals surface area contributed by atoms with Gasteiger partial charge in [0.1, 0.15) is 35.2 Å². The van der Waals surface area contributed by atoms with Crippen molar-refractivity contribution in [1.29, 1.82) is 0 Å². The second kappa shape index (κ2) is 11.6. The standard InChI is InChI=1S/C31H24N2O5S/c1-36-28-17-12-21(18-22(28)20-37-24-8-4-2-5-9-24)19-27-29(34)32-31(39)33(30(27)35)23-13-15-26(16-14-23)38-25-10-6-3-7-11-25/h2-19H,20H2,1H3,(H,32,34,39)/b27-19+. The number of carbonyl (C=O) groups is 2. The fourth-order valence-corrected chi connectivity index (χ4v) is 4.31. The molecular formula is C31H24N2O5S. The predicted molar refractivity (Wildman–Crippen MR) is 153 cm³/mol. The maximum absolute atomic E-state index is 13.5. The van der Waals surface area contributed by atoms with Gasteiger partial charge in [0, 0.05) is 5.56 Å². The summed E-state index contributed by atoms with van der Waals surface area (Å²) in [5.74, 6) is 1.55. The number of nitrogens with one attached hydrogen (secondary N) is 1. The highest BCUT2D eigenvalue weighted by Crippen LogP contribution is 2.28. The second-order valence-electron chi connectivity index (χ2n) is 8.54. The van der Waals surface area contributed by atoms with Crippen LogP contribution in [0.25, 0.3) is 6.08 Å². The van der Waals surface area contributed by atoms with Crippen LogP contribution >= 0.6 is 12.2 Å². The molecule has 0 spiro atoms. The number of para-hydroxylation sites is 2. The van der Waals surface area contributed by atoms with Crippen LogP contribution in [0.4, 0.5) is 5.69 Å². The lowest BCUT2D eigenvalue weighted by atomic mass is 10.0. The van der Waals surface area contributed by atoms with E-state index in [1.165, 1.54) is 11.0 Å². The molecule has 0 aliphatic carbocycles. The van der Waals surface area contributed by atoms with Crippen molar-refractivity contribution in [3.63, 3.8) is 0 Å². The molecule has 194 valence electrons. The Hall–Kier alpha value is -4.95. The molecule has 0 saturated carbocycles. The molecule has 0 atom stereocenters. The van der Waals surface area contributed by atoms with Crippen molar-refractivity contribution in [3.05, 3.63) is 120 Å². The van der Waals surface area contributed by atoms with Crippen LogP contribution in [0.2, 0.25) is 0 Å². The monoisotopic (exact) mass is 536 g/mol. The van der Waals surface area contributed by atoms with Crippen molar-refractivity contribution in [1.82, 2.24) is 5.32 Å². The Labute approximate surface area is 231 Å². The van der Waals surface area contributed by atoms with Gasteiger partial charge in [-0.3, -0.25) is 19.8 Å². The third-order valence-corrected chi connectivity index (χ3v) is 6.21. The normalized spacial score (nSPS) is 14.2. The molecule has 4 aromatic rings. The van der Waals surface area contributed by atoms with Crippen LogP contribution in [0.1, 0.15) is 11.1 Å². The molecule has 0 unspecified atom stereocenters. The number of methoxy groups -OCH3 is 1. The highest BCUT2D eigenvalue weighted by Gasteiger charge is 2.34. The zero-order valence-electron chi connectivity index (χ0n) is 21.0. The number of ether oxygens (including phenoxy) is 3. The average molecular weight is 537 g/mol. The van der Waals surface area contributed by atoms with Gasteiger partial charge in [-0.05, 0) is 84.5 Å². The van der Waals surface area contributed by atoms with Gasteiger partial charge in [0.2, 0.25) is 0 Å². The first kappa shape index (κ1) is 25.7. The van der Waals surface area contributed by atoms with Crippen molar-refractivity contribution >= 4 is 40.9 Å². The molecule has 5 rings (SSSR count). The number of rotatable bonds is 8. The summed E-state index contributed by atoms with van der Waals surface area (Å²) in [7, 11) is 1.58. The first-order valence-corrected chi connectivity index (χ1v) is 12.5. The van der Waals surface area contributed by atoms with E-state index in [1.807, 2.05) is 66.7 Å². The Morgan fingerprint density at radius 2 is 1.46 bits per heavy atom. The van der Waals surface area contributed by atoms with E-state index in [0.29, 0.717) is 28.5 Å². The van der Waals surface area contributed by atoms with E-state index in [4.69, 9.17) is 26.4 Å². The number of hydrogen-bond acceptors (Lipinski definition) is 6. The number of amides is 2. The Balaban J connectivity index is 1.38. The highest BCUT2D eigenvalue weighted by atomic mass is 32.1. The topological polar surface area (TPSA) is 77.1 Å². The third kappa shape index (κ3) is 5.97. The van der Waals surface area contributed by atoms with Crippen molar-refractivity contribution in [2.45, 2.75) is 6.61 Å². The Kier molecular flexibility index (Phi) is 7.65. The van der Waals surface area contributed by atoms with Crippen LogP contribution < -0.4 is 24.4 Å². The maximum atomic E-state index is 13.5. The minimum Gasteiger partial charge on any atom is -0.496 e. The van der Waals surface area contributed by atoms with Gasteiger partial charge < -0.3 is 14.2 Å². The van der Waals surface area contributed by atoms with Crippen LogP contribution in [0, 0.1) is 0 Å². The lowest BCUT2D eigenvalue weighted by Gasteiger charge is -2.29. The Morgan fingerprint density at radius 1 is 0.821 bits per heavy atom. The van der Waals surface area contributed by atoms with Gasteiger partial charge >= 0.3 is 0 Å². The van der Waals surface area contributed by atoms with Crippen LogP contribution in [0.15, 0.2) is 109 Å². The number of thiocarbonyl (C=S) groups is 1. The molecule has 2 amide bonds. The van der Waals surface area contributed by atoms with E-state index < -0.39 is 11.8 Å². The SMILES string of the molecule is COc1ccc(/C=C2\C(=O)NC(=S)N(c3ccc(Oc4ccccc4)cc3)C2=O)cc1COc1ccccc1. The fourth-order valence-electron chi connectivity index (χ4n) is 4.03. The summed E-state index contributed by atoms with van der Waals surface area (Å²) >= 11 is 5.33. The summed E-state index contributed by atoms with van der Waals surface area (Å²) < 4.78 is 17.2. The first-order valence-electron chi connectivity index (χ1n) is 12.1. The van der Waals surface area contributed by atoms with E-state index in [-0.39, 0.29) is 17.3 Å². The highest BCUT2D eigenvalue weighted by molar-refractivity contribution is 7.80. The van der Waals surface area contributed by atoms with Crippen LogP contribution in [-0.2, 0) is 16.2 Å². The molecule has 1 fully saturated rings. The van der Waals surface area contributed by atoms with Gasteiger partial charge in [-0.25, -0.2) is 0 Å². The Bertz CT molecular complexity index is 1540. The minimum atomic E-state index is -0.566. The van der Waals surface area contributed by atoms with E-state index in [1.54, 1.807) is 43.5 Å². The van der Waals surface area contributed by atoms with Gasteiger partial charge in [0.15, 0.2) is 5.11 Å². The molecule has 4 aromatic carbocycles. The third-order valence-electron chi connectivity index (χ3n) is 5.93. The van der Waals surface area contributed by atoms with Crippen molar-refractivity contribution < 1.29 is 23.8 Å². The maximum Gasteiger partial charge on any atom is 0.270 e. The first-order chi connectivity index (χ1) is 19.0. The largest absolute Gasteiger partial charge is 0.496 e.